The first-order valence-corrected chi connectivity index (χ1v) is 7.58. The third kappa shape index (κ3) is 5.82. The number of thioether (sulfide) groups is 1. The highest BCUT2D eigenvalue weighted by molar-refractivity contribution is 7.98. The summed E-state index contributed by atoms with van der Waals surface area (Å²) >= 11 is 1.91. The molecular weight excluding hydrogens is 232 g/mol. The van der Waals surface area contributed by atoms with Crippen LogP contribution in [0.5, 0.6) is 5.75 Å². The van der Waals surface area contributed by atoms with E-state index in [2.05, 4.69) is 16.6 Å². The second-order valence-electron chi connectivity index (χ2n) is 3.76. The molecule has 0 unspecified atom stereocenters. The smallest absolute Gasteiger partial charge is 0.168 e. The van der Waals surface area contributed by atoms with Gasteiger partial charge in [0.15, 0.2) is 11.6 Å². The van der Waals surface area contributed by atoms with Crippen LogP contribution >= 0.6 is 11.8 Å². The van der Waals surface area contributed by atoms with Gasteiger partial charge in [-0.15, -0.1) is 0 Å². The Morgan fingerprint density at radius 3 is 3.00 bits per heavy atom. The second kappa shape index (κ2) is 9.16. The molecule has 1 heterocycles. The van der Waals surface area contributed by atoms with E-state index >= 15 is 0 Å². The van der Waals surface area contributed by atoms with Crippen LogP contribution in [0.2, 0.25) is 0 Å². The standard InChI is InChI=1S/C13H22N2OS/c1-3-16-12-8-7-10-15-13(12)14-9-5-4-6-11-17-2/h7-8,10H,3-6,9,11H2,1-2H3,(H,14,15). The van der Waals surface area contributed by atoms with Crippen LogP contribution in [0.1, 0.15) is 26.2 Å². The maximum atomic E-state index is 5.50. The summed E-state index contributed by atoms with van der Waals surface area (Å²) in [5.41, 5.74) is 0. The van der Waals surface area contributed by atoms with Crippen molar-refractivity contribution < 1.29 is 4.74 Å². The third-order valence-corrected chi connectivity index (χ3v) is 3.09. The van der Waals surface area contributed by atoms with Crippen molar-refractivity contribution in [2.45, 2.75) is 26.2 Å². The van der Waals surface area contributed by atoms with E-state index in [-0.39, 0.29) is 0 Å². The van der Waals surface area contributed by atoms with Gasteiger partial charge in [0.05, 0.1) is 6.61 Å². The van der Waals surface area contributed by atoms with Crippen molar-refractivity contribution >= 4 is 17.6 Å². The molecule has 1 aromatic rings. The molecule has 0 aromatic carbocycles. The molecule has 0 aliphatic carbocycles. The van der Waals surface area contributed by atoms with Gasteiger partial charge in [-0.1, -0.05) is 6.42 Å². The Kier molecular flexibility index (Phi) is 7.63. The number of hydrogen-bond acceptors (Lipinski definition) is 4. The molecule has 0 saturated carbocycles. The van der Waals surface area contributed by atoms with Gasteiger partial charge in [-0.25, -0.2) is 4.98 Å². The first-order chi connectivity index (χ1) is 8.38. The van der Waals surface area contributed by atoms with Gasteiger partial charge >= 0.3 is 0 Å². The van der Waals surface area contributed by atoms with Crippen LogP contribution in [-0.2, 0) is 0 Å². The van der Waals surface area contributed by atoms with E-state index in [1.54, 1.807) is 6.20 Å². The van der Waals surface area contributed by atoms with Crippen molar-refractivity contribution in [3.05, 3.63) is 18.3 Å². The molecule has 0 spiro atoms. The summed E-state index contributed by atoms with van der Waals surface area (Å²) in [6, 6.07) is 3.85. The molecule has 17 heavy (non-hydrogen) atoms. The van der Waals surface area contributed by atoms with Gasteiger partial charge in [-0.3, -0.25) is 0 Å². The van der Waals surface area contributed by atoms with Crippen LogP contribution in [0.25, 0.3) is 0 Å². The summed E-state index contributed by atoms with van der Waals surface area (Å²) in [5, 5.41) is 3.33. The summed E-state index contributed by atoms with van der Waals surface area (Å²) in [5.74, 6) is 2.96. The lowest BCUT2D eigenvalue weighted by Gasteiger charge is -2.10. The van der Waals surface area contributed by atoms with E-state index < -0.39 is 0 Å². The Bertz CT molecular complexity index is 307. The van der Waals surface area contributed by atoms with Crippen LogP contribution in [0.4, 0.5) is 5.82 Å². The quantitative estimate of drug-likeness (QED) is 0.685. The van der Waals surface area contributed by atoms with E-state index in [1.165, 1.54) is 25.0 Å². The molecular formula is C13H22N2OS. The van der Waals surface area contributed by atoms with Crippen LogP contribution in [0.3, 0.4) is 0 Å². The minimum absolute atomic E-state index is 0.675. The first-order valence-electron chi connectivity index (χ1n) is 6.19. The normalized spacial score (nSPS) is 10.2. The monoisotopic (exact) mass is 254 g/mol. The van der Waals surface area contributed by atoms with Crippen LogP contribution in [-0.4, -0.2) is 30.1 Å². The Morgan fingerprint density at radius 2 is 2.24 bits per heavy atom. The van der Waals surface area contributed by atoms with Crippen LogP contribution in [0, 0.1) is 0 Å². The summed E-state index contributed by atoms with van der Waals surface area (Å²) in [6.07, 6.45) is 7.69. The summed E-state index contributed by atoms with van der Waals surface area (Å²) in [6.45, 7) is 3.62. The molecule has 1 rings (SSSR count). The third-order valence-electron chi connectivity index (χ3n) is 2.39. The first kappa shape index (κ1) is 14.2. The van der Waals surface area contributed by atoms with Crippen molar-refractivity contribution in [3.8, 4) is 5.75 Å². The fourth-order valence-electron chi connectivity index (χ4n) is 1.55. The average Bonchev–Trinajstić information content (AvgIpc) is 2.36. The lowest BCUT2D eigenvalue weighted by molar-refractivity contribution is 0.340. The number of nitrogens with zero attached hydrogens (tertiary/aromatic N) is 1. The average molecular weight is 254 g/mol. The largest absolute Gasteiger partial charge is 0.490 e. The van der Waals surface area contributed by atoms with Gasteiger partial charge in [-0.05, 0) is 43.9 Å². The van der Waals surface area contributed by atoms with Crippen molar-refractivity contribution in [2.24, 2.45) is 0 Å². The molecule has 1 aromatic heterocycles. The van der Waals surface area contributed by atoms with Gasteiger partial charge in [-0.2, -0.15) is 11.8 Å². The molecule has 1 N–H and O–H groups in total. The van der Waals surface area contributed by atoms with Crippen molar-refractivity contribution in [2.75, 3.05) is 30.5 Å². The number of pyridine rings is 1. The molecule has 0 aliphatic rings. The van der Waals surface area contributed by atoms with Crippen LogP contribution in [0.15, 0.2) is 18.3 Å². The van der Waals surface area contributed by atoms with E-state index in [0.717, 1.165) is 18.1 Å². The van der Waals surface area contributed by atoms with E-state index in [4.69, 9.17) is 4.74 Å². The molecule has 0 radical (unpaired) electrons. The summed E-state index contributed by atoms with van der Waals surface area (Å²) < 4.78 is 5.50. The number of aromatic nitrogens is 1. The molecule has 0 atom stereocenters. The zero-order chi connectivity index (χ0) is 12.3. The number of anilines is 1. The molecule has 0 amide bonds. The Morgan fingerprint density at radius 1 is 1.35 bits per heavy atom. The van der Waals surface area contributed by atoms with Crippen molar-refractivity contribution in [1.29, 1.82) is 0 Å². The minimum atomic E-state index is 0.675. The fourth-order valence-corrected chi connectivity index (χ4v) is 2.04. The maximum Gasteiger partial charge on any atom is 0.168 e. The molecule has 0 bridgehead atoms. The number of hydrogen-bond donors (Lipinski definition) is 1. The number of ether oxygens (including phenoxy) is 1. The van der Waals surface area contributed by atoms with Gasteiger partial charge in [0.2, 0.25) is 0 Å². The molecule has 0 fully saturated rings. The molecule has 96 valence electrons. The lowest BCUT2D eigenvalue weighted by atomic mass is 10.2. The topological polar surface area (TPSA) is 34.1 Å². The number of unbranched alkanes of at least 4 members (excludes halogenated alkanes) is 2. The molecule has 0 saturated heterocycles. The summed E-state index contributed by atoms with van der Waals surface area (Å²) in [4.78, 5) is 4.29. The van der Waals surface area contributed by atoms with Gasteiger partial charge in [0.25, 0.3) is 0 Å². The van der Waals surface area contributed by atoms with Crippen molar-refractivity contribution in [1.82, 2.24) is 4.98 Å². The van der Waals surface area contributed by atoms with E-state index in [1.807, 2.05) is 30.8 Å². The highest BCUT2D eigenvalue weighted by Gasteiger charge is 2.02. The highest BCUT2D eigenvalue weighted by Crippen LogP contribution is 2.20. The van der Waals surface area contributed by atoms with E-state index in [9.17, 15) is 0 Å². The van der Waals surface area contributed by atoms with Gasteiger partial charge in [0.1, 0.15) is 0 Å². The SMILES string of the molecule is CCOc1cccnc1NCCCCCSC. The van der Waals surface area contributed by atoms with Gasteiger partial charge < -0.3 is 10.1 Å². The molecule has 0 aliphatic heterocycles. The maximum absolute atomic E-state index is 5.50. The second-order valence-corrected chi connectivity index (χ2v) is 4.75. The zero-order valence-corrected chi connectivity index (χ0v) is 11.6. The lowest BCUT2D eigenvalue weighted by Crippen LogP contribution is -2.06. The fraction of sp³-hybridized carbons (Fsp3) is 0.615. The highest BCUT2D eigenvalue weighted by atomic mass is 32.2. The molecule has 4 heteroatoms. The Balaban J connectivity index is 2.25. The van der Waals surface area contributed by atoms with Crippen LogP contribution < -0.4 is 10.1 Å². The summed E-state index contributed by atoms with van der Waals surface area (Å²) in [7, 11) is 0. The predicted molar refractivity (Wildman–Crippen MR) is 76.1 cm³/mol. The Labute approximate surface area is 108 Å². The predicted octanol–water partition coefficient (Wildman–Crippen LogP) is 3.43. The van der Waals surface area contributed by atoms with Crippen molar-refractivity contribution in [3.63, 3.8) is 0 Å². The van der Waals surface area contributed by atoms with Gasteiger partial charge in [0, 0.05) is 12.7 Å². The number of nitrogens with one attached hydrogen (secondary N) is 1. The Hall–Kier alpha value is -0.900. The zero-order valence-electron chi connectivity index (χ0n) is 10.7. The molecule has 3 nitrogen and oxygen atoms in total. The minimum Gasteiger partial charge on any atom is -0.490 e. The number of rotatable bonds is 9. The van der Waals surface area contributed by atoms with E-state index in [0.29, 0.717) is 6.61 Å².